The predicted octanol–water partition coefficient (Wildman–Crippen LogP) is 3.52. The number of hydrogen-bond donors (Lipinski definition) is 1. The molecule has 162 valence electrons. The number of amides is 1. The van der Waals surface area contributed by atoms with Gasteiger partial charge in [-0.05, 0) is 75.2 Å². The van der Waals surface area contributed by atoms with Crippen LogP contribution in [0.2, 0.25) is 0 Å². The lowest BCUT2D eigenvalue weighted by molar-refractivity contribution is -0.120. The minimum atomic E-state index is -3.66. The average Bonchev–Trinajstić information content (AvgIpc) is 2.75. The van der Waals surface area contributed by atoms with Crippen LogP contribution in [-0.4, -0.2) is 44.9 Å². The molecule has 1 saturated heterocycles. The highest BCUT2D eigenvalue weighted by atomic mass is 32.2. The average molecular weight is 433 g/mol. The monoisotopic (exact) mass is 432 g/mol. The molecule has 1 aliphatic rings. The lowest BCUT2D eigenvalue weighted by atomic mass is 9.99. The van der Waals surface area contributed by atoms with Gasteiger partial charge >= 0.3 is 0 Å². The van der Waals surface area contributed by atoms with E-state index in [-0.39, 0.29) is 23.5 Å². The Morgan fingerprint density at radius 3 is 2.30 bits per heavy atom. The molecule has 0 spiro atoms. The Labute approximate surface area is 178 Å². The van der Waals surface area contributed by atoms with E-state index >= 15 is 0 Å². The van der Waals surface area contributed by atoms with Crippen LogP contribution in [0.5, 0.6) is 11.5 Å². The van der Waals surface area contributed by atoms with Gasteiger partial charge in [-0.3, -0.25) is 4.79 Å². The van der Waals surface area contributed by atoms with E-state index in [0.717, 1.165) is 5.75 Å². The van der Waals surface area contributed by atoms with Gasteiger partial charge in [0.2, 0.25) is 15.9 Å². The number of piperidine rings is 1. The van der Waals surface area contributed by atoms with E-state index in [4.69, 9.17) is 9.47 Å². The fourth-order valence-corrected chi connectivity index (χ4v) is 4.93. The zero-order valence-electron chi connectivity index (χ0n) is 17.5. The molecule has 0 saturated carbocycles. The van der Waals surface area contributed by atoms with Crippen LogP contribution >= 0.6 is 0 Å². The molecule has 0 aliphatic carbocycles. The van der Waals surface area contributed by atoms with Crippen molar-refractivity contribution in [1.82, 2.24) is 4.31 Å². The summed E-state index contributed by atoms with van der Waals surface area (Å²) in [6, 6.07) is 13.5. The van der Waals surface area contributed by atoms with Crippen molar-refractivity contribution in [3.63, 3.8) is 0 Å². The van der Waals surface area contributed by atoms with Crippen LogP contribution in [0, 0.1) is 5.92 Å². The summed E-state index contributed by atoms with van der Waals surface area (Å²) in [5.74, 6) is 0.743. The molecule has 1 aliphatic heterocycles. The van der Waals surface area contributed by atoms with Gasteiger partial charge in [-0.2, -0.15) is 4.31 Å². The zero-order valence-corrected chi connectivity index (χ0v) is 18.3. The maximum absolute atomic E-state index is 13.0. The lowest BCUT2D eigenvalue weighted by Gasteiger charge is -2.31. The number of carbonyl (C=O) groups excluding carboxylic acids is 1. The zero-order chi connectivity index (χ0) is 21.7. The van der Waals surface area contributed by atoms with Crippen molar-refractivity contribution in [2.45, 2.75) is 37.7 Å². The standard InChI is InChI=1S/C22H28N2O5S/c1-16(2)29-20-8-6-18(7-9-20)23-22(25)17-5-4-14-24(15-17)30(26,27)21-12-10-19(28-3)11-13-21/h6-13,16-17H,4-5,14-15H2,1-3H3,(H,23,25)/t17-/m1/s1. The third-order valence-electron chi connectivity index (χ3n) is 4.95. The van der Waals surface area contributed by atoms with Gasteiger partial charge in [0.25, 0.3) is 0 Å². The number of sulfonamides is 1. The number of nitrogens with one attached hydrogen (secondary N) is 1. The maximum Gasteiger partial charge on any atom is 0.243 e. The molecule has 1 N–H and O–H groups in total. The SMILES string of the molecule is COc1ccc(S(=O)(=O)N2CCC[C@@H](C(=O)Nc3ccc(OC(C)C)cc3)C2)cc1. The molecule has 3 rings (SSSR count). The summed E-state index contributed by atoms with van der Waals surface area (Å²) >= 11 is 0. The van der Waals surface area contributed by atoms with Crippen LogP contribution in [-0.2, 0) is 14.8 Å². The number of carbonyl (C=O) groups is 1. The third kappa shape index (κ3) is 5.31. The fraction of sp³-hybridized carbons (Fsp3) is 0.409. The lowest BCUT2D eigenvalue weighted by Crippen LogP contribution is -2.43. The highest BCUT2D eigenvalue weighted by Crippen LogP contribution is 2.26. The number of anilines is 1. The van der Waals surface area contributed by atoms with Crippen LogP contribution in [0.3, 0.4) is 0 Å². The number of rotatable bonds is 7. The van der Waals surface area contributed by atoms with Gasteiger partial charge in [0.1, 0.15) is 11.5 Å². The van der Waals surface area contributed by atoms with Crippen LogP contribution in [0.4, 0.5) is 5.69 Å². The van der Waals surface area contributed by atoms with Crippen LogP contribution in [0.1, 0.15) is 26.7 Å². The minimum Gasteiger partial charge on any atom is -0.497 e. The molecule has 1 amide bonds. The first-order valence-electron chi connectivity index (χ1n) is 10.0. The summed E-state index contributed by atoms with van der Waals surface area (Å²) in [7, 11) is -2.13. The van der Waals surface area contributed by atoms with Crippen molar-refractivity contribution in [2.75, 3.05) is 25.5 Å². The van der Waals surface area contributed by atoms with Gasteiger partial charge in [-0.25, -0.2) is 8.42 Å². The Kier molecular flexibility index (Phi) is 6.99. The Morgan fingerprint density at radius 1 is 1.07 bits per heavy atom. The number of ether oxygens (including phenoxy) is 2. The summed E-state index contributed by atoms with van der Waals surface area (Å²) in [6.07, 6.45) is 1.36. The van der Waals surface area contributed by atoms with Crippen LogP contribution < -0.4 is 14.8 Å². The Hall–Kier alpha value is -2.58. The summed E-state index contributed by atoms with van der Waals surface area (Å²) in [5, 5.41) is 2.89. The highest BCUT2D eigenvalue weighted by molar-refractivity contribution is 7.89. The molecule has 0 radical (unpaired) electrons. The summed E-state index contributed by atoms with van der Waals surface area (Å²) in [5.41, 5.74) is 0.659. The third-order valence-corrected chi connectivity index (χ3v) is 6.83. The van der Waals surface area contributed by atoms with E-state index in [9.17, 15) is 13.2 Å². The second kappa shape index (κ2) is 9.49. The second-order valence-electron chi connectivity index (χ2n) is 7.56. The van der Waals surface area contributed by atoms with Gasteiger partial charge in [0, 0.05) is 18.8 Å². The first-order valence-corrected chi connectivity index (χ1v) is 11.5. The first kappa shape index (κ1) is 22.1. The normalized spacial score (nSPS) is 17.5. The maximum atomic E-state index is 13.0. The molecule has 8 heteroatoms. The fourth-order valence-electron chi connectivity index (χ4n) is 3.40. The molecule has 0 unspecified atom stereocenters. The van der Waals surface area contributed by atoms with Gasteiger partial charge in [0.15, 0.2) is 0 Å². The van der Waals surface area contributed by atoms with Gasteiger partial charge in [-0.1, -0.05) is 0 Å². The molecule has 1 atom stereocenters. The molecule has 7 nitrogen and oxygen atoms in total. The Morgan fingerprint density at radius 2 is 1.70 bits per heavy atom. The largest absolute Gasteiger partial charge is 0.497 e. The van der Waals surface area contributed by atoms with E-state index in [1.807, 2.05) is 13.8 Å². The molecule has 0 bridgehead atoms. The minimum absolute atomic E-state index is 0.0753. The van der Waals surface area contributed by atoms with Crippen molar-refractivity contribution in [1.29, 1.82) is 0 Å². The number of nitrogens with zero attached hydrogens (tertiary/aromatic N) is 1. The van der Waals surface area contributed by atoms with Crippen molar-refractivity contribution in [2.24, 2.45) is 5.92 Å². The van der Waals surface area contributed by atoms with E-state index in [0.29, 0.717) is 30.8 Å². The Bertz CT molecular complexity index is 956. The summed E-state index contributed by atoms with van der Waals surface area (Å²) < 4.78 is 38.0. The molecule has 30 heavy (non-hydrogen) atoms. The quantitative estimate of drug-likeness (QED) is 0.724. The molecule has 2 aromatic carbocycles. The van der Waals surface area contributed by atoms with E-state index < -0.39 is 15.9 Å². The number of benzene rings is 2. The topological polar surface area (TPSA) is 84.9 Å². The summed E-state index contributed by atoms with van der Waals surface area (Å²) in [6.45, 7) is 4.46. The van der Waals surface area contributed by atoms with Crippen molar-refractivity contribution >= 4 is 21.6 Å². The van der Waals surface area contributed by atoms with Crippen LogP contribution in [0.25, 0.3) is 0 Å². The molecule has 1 fully saturated rings. The summed E-state index contributed by atoms with van der Waals surface area (Å²) in [4.78, 5) is 12.9. The van der Waals surface area contributed by atoms with Gasteiger partial charge in [-0.15, -0.1) is 0 Å². The smallest absolute Gasteiger partial charge is 0.243 e. The van der Waals surface area contributed by atoms with Crippen molar-refractivity contribution in [3.8, 4) is 11.5 Å². The van der Waals surface area contributed by atoms with Crippen molar-refractivity contribution < 1.29 is 22.7 Å². The molecule has 0 aromatic heterocycles. The molecule has 1 heterocycles. The number of methoxy groups -OCH3 is 1. The molecular weight excluding hydrogens is 404 g/mol. The van der Waals surface area contributed by atoms with Crippen LogP contribution in [0.15, 0.2) is 53.4 Å². The highest BCUT2D eigenvalue weighted by Gasteiger charge is 2.33. The van der Waals surface area contributed by atoms with Gasteiger partial charge in [0.05, 0.1) is 24.0 Å². The van der Waals surface area contributed by atoms with E-state index in [2.05, 4.69) is 5.32 Å². The van der Waals surface area contributed by atoms with E-state index in [1.165, 1.54) is 23.5 Å². The van der Waals surface area contributed by atoms with Crippen molar-refractivity contribution in [3.05, 3.63) is 48.5 Å². The predicted molar refractivity (Wildman–Crippen MR) is 115 cm³/mol. The van der Waals surface area contributed by atoms with Gasteiger partial charge < -0.3 is 14.8 Å². The number of hydrogen-bond acceptors (Lipinski definition) is 5. The van der Waals surface area contributed by atoms with E-state index in [1.54, 1.807) is 36.4 Å². The molecular formula is C22H28N2O5S. The Balaban J connectivity index is 1.65. The molecule has 2 aromatic rings. The first-order chi connectivity index (χ1) is 14.3. The second-order valence-corrected chi connectivity index (χ2v) is 9.50.